The second-order valence-corrected chi connectivity index (χ2v) is 7.37. The average Bonchev–Trinajstić information content (AvgIpc) is 2.94. The lowest BCUT2D eigenvalue weighted by molar-refractivity contribution is -0.0180. The van der Waals surface area contributed by atoms with Gasteiger partial charge < -0.3 is 9.84 Å². The molecule has 0 saturated carbocycles. The van der Waals surface area contributed by atoms with Gasteiger partial charge >= 0.3 is 0 Å². The van der Waals surface area contributed by atoms with Crippen molar-refractivity contribution in [1.29, 1.82) is 0 Å². The van der Waals surface area contributed by atoms with Crippen LogP contribution in [0.3, 0.4) is 0 Å². The van der Waals surface area contributed by atoms with Gasteiger partial charge in [0, 0.05) is 0 Å². The Hall–Kier alpha value is -2.02. The lowest BCUT2D eigenvalue weighted by Gasteiger charge is -2.19. The molecule has 1 aromatic carbocycles. The molecule has 0 saturated heterocycles. The van der Waals surface area contributed by atoms with E-state index >= 15 is 0 Å². The van der Waals surface area contributed by atoms with Crippen LogP contribution in [0.1, 0.15) is 52.9 Å². The molecule has 1 heterocycles. The molecular formula is C17H25F2N3O2. The van der Waals surface area contributed by atoms with E-state index in [0.29, 0.717) is 12.2 Å². The van der Waals surface area contributed by atoms with E-state index in [1.54, 1.807) is 0 Å². The second-order valence-electron chi connectivity index (χ2n) is 7.37. The number of phenolic OH excluding ortho intramolecular Hbond substituents is 1. The van der Waals surface area contributed by atoms with Gasteiger partial charge in [0.05, 0.1) is 5.60 Å². The molecule has 0 aliphatic carbocycles. The summed E-state index contributed by atoms with van der Waals surface area (Å²) in [6.45, 7) is 12.0. The minimum atomic E-state index is -0.912. The molecule has 7 heteroatoms. The number of nitrogens with zero attached hydrogens (tertiary/aromatic N) is 2. The average molecular weight is 341 g/mol. The summed E-state index contributed by atoms with van der Waals surface area (Å²) in [4.78, 5) is 3.93. The van der Waals surface area contributed by atoms with Crippen molar-refractivity contribution in [1.82, 2.24) is 15.2 Å². The Morgan fingerprint density at radius 1 is 1.08 bits per heavy atom. The van der Waals surface area contributed by atoms with Gasteiger partial charge in [-0.3, -0.25) is 5.10 Å². The first kappa shape index (κ1) is 20.0. The molecule has 2 N–H and O–H groups in total. The van der Waals surface area contributed by atoms with Crippen LogP contribution in [0, 0.1) is 11.6 Å². The van der Waals surface area contributed by atoms with E-state index in [-0.39, 0.29) is 11.0 Å². The molecule has 0 amide bonds. The van der Waals surface area contributed by atoms with Crippen molar-refractivity contribution in [3.63, 3.8) is 0 Å². The van der Waals surface area contributed by atoms with Crippen LogP contribution in [0.15, 0.2) is 18.5 Å². The number of rotatable bonds is 2. The van der Waals surface area contributed by atoms with E-state index in [9.17, 15) is 8.78 Å². The highest BCUT2D eigenvalue weighted by Crippen LogP contribution is 2.28. The first-order chi connectivity index (χ1) is 10.9. The third-order valence-electron chi connectivity index (χ3n) is 2.99. The molecule has 0 fully saturated rings. The van der Waals surface area contributed by atoms with Gasteiger partial charge in [-0.25, -0.2) is 13.8 Å². The van der Waals surface area contributed by atoms with Crippen LogP contribution in [0.5, 0.6) is 5.75 Å². The molecule has 0 spiro atoms. The number of benzene rings is 1. The molecule has 0 bridgehead atoms. The van der Waals surface area contributed by atoms with Gasteiger partial charge in [0.15, 0.2) is 17.4 Å². The molecule has 0 radical (unpaired) electrons. The smallest absolute Gasteiger partial charge is 0.187 e. The molecule has 0 atom stereocenters. The van der Waals surface area contributed by atoms with E-state index < -0.39 is 17.4 Å². The third-order valence-corrected chi connectivity index (χ3v) is 2.99. The molecule has 2 rings (SSSR count). The van der Waals surface area contributed by atoms with Gasteiger partial charge in [0.1, 0.15) is 18.8 Å². The van der Waals surface area contributed by atoms with Crippen molar-refractivity contribution >= 4 is 0 Å². The molecule has 24 heavy (non-hydrogen) atoms. The van der Waals surface area contributed by atoms with Gasteiger partial charge in [-0.1, -0.05) is 20.8 Å². The summed E-state index contributed by atoms with van der Waals surface area (Å²) in [7, 11) is 0. The fourth-order valence-corrected chi connectivity index (χ4v) is 1.58. The number of nitrogens with one attached hydrogen (secondary N) is 1. The van der Waals surface area contributed by atoms with Crippen LogP contribution in [-0.2, 0) is 16.8 Å². The summed E-state index contributed by atoms with van der Waals surface area (Å²) >= 11 is 0. The van der Waals surface area contributed by atoms with Crippen LogP contribution in [0.2, 0.25) is 0 Å². The van der Waals surface area contributed by atoms with E-state index in [0.717, 1.165) is 18.0 Å². The Labute approximate surface area is 141 Å². The minimum Gasteiger partial charge on any atom is -0.503 e. The highest BCUT2D eigenvalue weighted by molar-refractivity contribution is 5.33. The van der Waals surface area contributed by atoms with Gasteiger partial charge in [0.2, 0.25) is 0 Å². The predicted octanol–water partition coefficient (Wildman–Crippen LogP) is 4.09. The zero-order valence-corrected chi connectivity index (χ0v) is 14.9. The molecule has 2 aromatic rings. The van der Waals surface area contributed by atoms with E-state index in [1.165, 1.54) is 6.33 Å². The van der Waals surface area contributed by atoms with Crippen molar-refractivity contribution in [3.8, 4) is 5.75 Å². The second kappa shape index (κ2) is 7.70. The fourth-order valence-electron chi connectivity index (χ4n) is 1.58. The number of aromatic amines is 1. The van der Waals surface area contributed by atoms with E-state index in [1.807, 2.05) is 41.5 Å². The van der Waals surface area contributed by atoms with Gasteiger partial charge in [-0.15, -0.1) is 0 Å². The lowest BCUT2D eigenvalue weighted by Crippen LogP contribution is -2.19. The first-order valence-electron chi connectivity index (χ1n) is 7.57. The molecule has 5 nitrogen and oxygen atoms in total. The highest BCUT2D eigenvalue weighted by atomic mass is 19.1. The summed E-state index contributed by atoms with van der Waals surface area (Å²) < 4.78 is 31.2. The number of hydrogen-bond acceptors (Lipinski definition) is 4. The first-order valence-corrected chi connectivity index (χ1v) is 7.57. The van der Waals surface area contributed by atoms with Gasteiger partial charge in [-0.2, -0.15) is 5.10 Å². The summed E-state index contributed by atoms with van der Waals surface area (Å²) in [6.07, 6.45) is 1.47. The summed E-state index contributed by atoms with van der Waals surface area (Å²) in [5.74, 6) is -1.97. The maximum atomic E-state index is 12.9. The summed E-state index contributed by atoms with van der Waals surface area (Å²) in [5, 5.41) is 15.3. The van der Waals surface area contributed by atoms with Crippen molar-refractivity contribution < 1.29 is 18.6 Å². The number of hydrogen-bond donors (Lipinski definition) is 2. The third kappa shape index (κ3) is 6.62. The molecule has 0 aliphatic heterocycles. The number of aromatic hydroxyl groups is 1. The molecule has 0 unspecified atom stereocenters. The van der Waals surface area contributed by atoms with Crippen molar-refractivity contribution in [2.24, 2.45) is 0 Å². The molecule has 1 aromatic heterocycles. The van der Waals surface area contributed by atoms with Crippen molar-refractivity contribution in [3.05, 3.63) is 41.5 Å². The maximum absolute atomic E-state index is 12.9. The van der Waals surface area contributed by atoms with Crippen LogP contribution in [0.25, 0.3) is 0 Å². The summed E-state index contributed by atoms with van der Waals surface area (Å²) in [5.41, 5.74) is 0.0858. The molecule has 0 aliphatic rings. The van der Waals surface area contributed by atoms with E-state index in [4.69, 9.17) is 9.84 Å². The maximum Gasteiger partial charge on any atom is 0.187 e. The zero-order chi connectivity index (χ0) is 18.5. The van der Waals surface area contributed by atoms with Gasteiger partial charge in [-0.05, 0) is 43.9 Å². The van der Waals surface area contributed by atoms with Crippen LogP contribution < -0.4 is 0 Å². The Balaban J connectivity index is 0.000000243. The van der Waals surface area contributed by atoms with Crippen molar-refractivity contribution in [2.45, 2.75) is 59.2 Å². The van der Waals surface area contributed by atoms with Crippen LogP contribution in [0.4, 0.5) is 8.78 Å². The fraction of sp³-hybridized carbons (Fsp3) is 0.529. The van der Waals surface area contributed by atoms with Crippen molar-refractivity contribution in [2.75, 3.05) is 0 Å². The number of aromatic nitrogens is 3. The highest BCUT2D eigenvalue weighted by Gasteiger charge is 2.18. The Morgan fingerprint density at radius 2 is 1.62 bits per heavy atom. The summed E-state index contributed by atoms with van der Waals surface area (Å²) in [6, 6.07) is 2.30. The zero-order valence-electron chi connectivity index (χ0n) is 14.9. The largest absolute Gasteiger partial charge is 0.503 e. The van der Waals surface area contributed by atoms with Crippen LogP contribution >= 0.6 is 0 Å². The number of ether oxygens (including phenoxy) is 1. The minimum absolute atomic E-state index is 0.118. The quantitative estimate of drug-likeness (QED) is 0.863. The molecular weight excluding hydrogens is 316 g/mol. The Kier molecular flexibility index (Phi) is 6.42. The number of phenols is 1. The Bertz CT molecular complexity index is 622. The monoisotopic (exact) mass is 341 g/mol. The van der Waals surface area contributed by atoms with Gasteiger partial charge in [0.25, 0.3) is 0 Å². The molecule has 134 valence electrons. The SMILES string of the molecule is CC(C)(C)OCc1ncn[nH]1.CC(C)(C)c1cc(F)c(O)c(F)c1. The normalized spacial score (nSPS) is 11.8. The number of halogens is 2. The van der Waals surface area contributed by atoms with E-state index in [2.05, 4.69) is 15.2 Å². The standard InChI is InChI=1S/C10H12F2O.C7H13N3O/c1-10(2,3)6-4-7(11)9(13)8(12)5-6;1-7(2,3)11-4-6-8-5-9-10-6/h4-5,13H,1-3H3;5H,4H2,1-3H3,(H,8,9,10). The Morgan fingerprint density at radius 3 is 2.00 bits per heavy atom. The topological polar surface area (TPSA) is 71.0 Å². The lowest BCUT2D eigenvalue weighted by atomic mass is 9.87. The van der Waals surface area contributed by atoms with Crippen LogP contribution in [-0.4, -0.2) is 25.9 Å². The number of H-pyrrole nitrogens is 1. The predicted molar refractivity (Wildman–Crippen MR) is 87.6 cm³/mol.